The Hall–Kier alpha value is -1.04. The van der Waals surface area contributed by atoms with Gasteiger partial charge < -0.3 is 0 Å². The van der Waals surface area contributed by atoms with Gasteiger partial charge in [-0.25, -0.2) is 0 Å². The molecule has 0 N–H and O–H groups in total. The van der Waals surface area contributed by atoms with Crippen molar-refractivity contribution in [2.75, 3.05) is 0 Å². The first-order valence-electron chi connectivity index (χ1n) is 4.23. The molecular formula is C12H20. The van der Waals surface area contributed by atoms with Gasteiger partial charge in [0.1, 0.15) is 0 Å². The summed E-state index contributed by atoms with van der Waals surface area (Å²) in [6.07, 6.45) is 0. The van der Waals surface area contributed by atoms with E-state index < -0.39 is 0 Å². The average molecular weight is 164 g/mol. The van der Waals surface area contributed by atoms with Gasteiger partial charge in [0.15, 0.2) is 0 Å². The van der Waals surface area contributed by atoms with Crippen LogP contribution in [0.25, 0.3) is 0 Å². The van der Waals surface area contributed by atoms with Gasteiger partial charge in [-0.2, -0.15) is 0 Å². The third-order valence-corrected chi connectivity index (χ3v) is 0.667. The van der Waals surface area contributed by atoms with Crippen molar-refractivity contribution in [1.29, 1.82) is 0 Å². The van der Waals surface area contributed by atoms with E-state index >= 15 is 0 Å². The summed E-state index contributed by atoms with van der Waals surface area (Å²) in [6.45, 7) is 12.5. The maximum Gasteiger partial charge on any atom is -0.0500 e. The molecule has 1 aromatic rings. The molecule has 1 aromatic carbocycles. The van der Waals surface area contributed by atoms with E-state index in [1.54, 1.807) is 0 Å². The predicted molar refractivity (Wildman–Crippen MR) is 58.2 cm³/mol. The fourth-order valence-electron chi connectivity index (χ4n) is 0.385. The van der Waals surface area contributed by atoms with E-state index in [2.05, 4.69) is 33.9 Å². The molecule has 0 bridgehead atoms. The highest BCUT2D eigenvalue weighted by atomic mass is 13.7. The summed E-state index contributed by atoms with van der Waals surface area (Å²) in [5.74, 6) is 0.833. The van der Waals surface area contributed by atoms with Crippen molar-refractivity contribution in [1.82, 2.24) is 0 Å². The van der Waals surface area contributed by atoms with Crippen LogP contribution in [-0.2, 0) is 0 Å². The molecule has 0 spiro atoms. The lowest BCUT2D eigenvalue weighted by molar-refractivity contribution is 0.737. The van der Waals surface area contributed by atoms with E-state index in [-0.39, 0.29) is 0 Å². The highest BCUT2D eigenvalue weighted by Crippen LogP contribution is 1.81. The first kappa shape index (κ1) is 13.5. The van der Waals surface area contributed by atoms with Gasteiger partial charge in [0.25, 0.3) is 0 Å². The summed E-state index contributed by atoms with van der Waals surface area (Å²) >= 11 is 0. The van der Waals surface area contributed by atoms with Crippen molar-refractivity contribution in [2.45, 2.75) is 20.8 Å². The quantitative estimate of drug-likeness (QED) is 0.505. The van der Waals surface area contributed by atoms with Crippen LogP contribution >= 0.6 is 0 Å². The molecule has 0 atom stereocenters. The third kappa shape index (κ3) is 23.1. The van der Waals surface area contributed by atoms with Crippen molar-refractivity contribution >= 4 is 0 Å². The Morgan fingerprint density at radius 3 is 0.833 bits per heavy atom. The lowest BCUT2D eigenvalue weighted by Gasteiger charge is -1.79. The molecule has 0 aromatic heterocycles. The van der Waals surface area contributed by atoms with Gasteiger partial charge in [0, 0.05) is 0 Å². The average Bonchev–Trinajstić information content (AvgIpc) is 2.10. The zero-order valence-corrected chi connectivity index (χ0v) is 8.46. The lowest BCUT2D eigenvalue weighted by Crippen LogP contribution is -1.66. The fourth-order valence-corrected chi connectivity index (χ4v) is 0.385. The Labute approximate surface area is 76.9 Å². The van der Waals surface area contributed by atoms with Gasteiger partial charge in [0.2, 0.25) is 0 Å². The van der Waals surface area contributed by atoms with Crippen LogP contribution in [0.2, 0.25) is 0 Å². The van der Waals surface area contributed by atoms with E-state index in [4.69, 9.17) is 0 Å². The number of benzene rings is 1. The molecule has 0 heterocycles. The Kier molecular flexibility index (Phi) is 14.2. The summed E-state index contributed by atoms with van der Waals surface area (Å²) in [5, 5.41) is 0. The maximum absolute atomic E-state index is 3.00. The van der Waals surface area contributed by atoms with E-state index in [1.807, 2.05) is 36.4 Å². The van der Waals surface area contributed by atoms with Crippen molar-refractivity contribution in [3.05, 3.63) is 49.6 Å². The third-order valence-electron chi connectivity index (χ3n) is 0.667. The highest BCUT2D eigenvalue weighted by Gasteiger charge is 1.68. The minimum absolute atomic E-state index is 0.833. The van der Waals surface area contributed by atoms with Crippen molar-refractivity contribution in [2.24, 2.45) is 5.92 Å². The van der Waals surface area contributed by atoms with E-state index in [0.29, 0.717) is 0 Å². The van der Waals surface area contributed by atoms with Crippen LogP contribution in [0.1, 0.15) is 20.8 Å². The van der Waals surface area contributed by atoms with Gasteiger partial charge in [-0.3, -0.25) is 0 Å². The molecule has 0 radical (unpaired) electrons. The molecule has 0 fully saturated rings. The van der Waals surface area contributed by atoms with Crippen LogP contribution in [0.15, 0.2) is 49.6 Å². The molecule has 0 aliphatic rings. The van der Waals surface area contributed by atoms with Crippen molar-refractivity contribution in [3.8, 4) is 0 Å². The largest absolute Gasteiger partial charge is 0.106 e. The monoisotopic (exact) mass is 164 g/mol. The molecule has 0 unspecified atom stereocenters. The normalized spacial score (nSPS) is 7.33. The number of rotatable bonds is 0. The van der Waals surface area contributed by atoms with Crippen LogP contribution in [0, 0.1) is 5.92 Å². The highest BCUT2D eigenvalue weighted by molar-refractivity contribution is 4.99. The molecule has 0 heteroatoms. The number of hydrogen-bond acceptors (Lipinski definition) is 0. The molecule has 68 valence electrons. The second kappa shape index (κ2) is 12.6. The molecule has 12 heavy (non-hydrogen) atoms. The Morgan fingerprint density at radius 1 is 0.667 bits per heavy atom. The summed E-state index contributed by atoms with van der Waals surface area (Å²) in [4.78, 5) is 0. The van der Waals surface area contributed by atoms with Crippen LogP contribution in [0.3, 0.4) is 0 Å². The minimum Gasteiger partial charge on any atom is -0.106 e. The zero-order chi connectivity index (χ0) is 9.82. The number of hydrogen-bond donors (Lipinski definition) is 0. The Balaban J connectivity index is 0. The second-order valence-electron chi connectivity index (χ2n) is 2.89. The Morgan fingerprint density at radius 2 is 0.750 bits per heavy atom. The van der Waals surface area contributed by atoms with Crippen molar-refractivity contribution < 1.29 is 0 Å². The molecular weight excluding hydrogens is 144 g/mol. The predicted octanol–water partition coefficient (Wildman–Crippen LogP) is 4.15. The van der Waals surface area contributed by atoms with E-state index in [9.17, 15) is 0 Å². The minimum atomic E-state index is 0.833. The first-order valence-corrected chi connectivity index (χ1v) is 4.23. The Bertz CT molecular complexity index is 112. The molecule has 0 aliphatic carbocycles. The van der Waals surface area contributed by atoms with E-state index in [0.717, 1.165) is 5.92 Å². The van der Waals surface area contributed by atoms with Crippen LogP contribution in [0.5, 0.6) is 0 Å². The summed E-state index contributed by atoms with van der Waals surface area (Å²) in [6, 6.07) is 12.0. The SMILES string of the molecule is C=C.CC(C)C.c1ccccc1. The zero-order valence-electron chi connectivity index (χ0n) is 8.46. The topological polar surface area (TPSA) is 0 Å². The second-order valence-corrected chi connectivity index (χ2v) is 2.89. The maximum atomic E-state index is 3.00. The van der Waals surface area contributed by atoms with Crippen molar-refractivity contribution in [3.63, 3.8) is 0 Å². The summed E-state index contributed by atoms with van der Waals surface area (Å²) in [7, 11) is 0. The van der Waals surface area contributed by atoms with Crippen LogP contribution in [0.4, 0.5) is 0 Å². The summed E-state index contributed by atoms with van der Waals surface area (Å²) < 4.78 is 0. The molecule has 0 nitrogen and oxygen atoms in total. The van der Waals surface area contributed by atoms with Gasteiger partial charge in [-0.05, 0) is 5.92 Å². The fraction of sp³-hybridized carbons (Fsp3) is 0.333. The molecule has 0 amide bonds. The first-order chi connectivity index (χ1) is 5.73. The van der Waals surface area contributed by atoms with E-state index in [1.165, 1.54) is 0 Å². The molecule has 0 saturated heterocycles. The standard InChI is InChI=1S/C6H6.C4H10.C2H4/c1-2-4-6-5-3-1;1-4(2)3;1-2/h1-6H;4H,1-3H3;1-2H2. The van der Waals surface area contributed by atoms with Gasteiger partial charge in [-0.1, -0.05) is 57.2 Å². The molecule has 1 rings (SSSR count). The van der Waals surface area contributed by atoms with Gasteiger partial charge in [0.05, 0.1) is 0 Å². The smallest absolute Gasteiger partial charge is 0.0500 e. The van der Waals surface area contributed by atoms with Crippen LogP contribution in [-0.4, -0.2) is 0 Å². The van der Waals surface area contributed by atoms with Crippen LogP contribution < -0.4 is 0 Å². The van der Waals surface area contributed by atoms with Gasteiger partial charge >= 0.3 is 0 Å². The lowest BCUT2D eigenvalue weighted by atomic mass is 10.3. The summed E-state index contributed by atoms with van der Waals surface area (Å²) in [5.41, 5.74) is 0. The van der Waals surface area contributed by atoms with Gasteiger partial charge in [-0.15, -0.1) is 13.2 Å². The molecule has 0 saturated carbocycles. The molecule has 0 aliphatic heterocycles.